The lowest BCUT2D eigenvalue weighted by Gasteiger charge is -2.26. The molecular formula is C13H14O3. The summed E-state index contributed by atoms with van der Waals surface area (Å²) in [7, 11) is 1.69. The normalized spacial score (nSPS) is 26.9. The summed E-state index contributed by atoms with van der Waals surface area (Å²) in [4.78, 5) is 11.3. The summed E-state index contributed by atoms with van der Waals surface area (Å²) in [6, 6.07) is 6.08. The number of hydrogen-bond acceptors (Lipinski definition) is 3. The molecule has 1 aliphatic heterocycles. The number of carbonyl (C=O) groups is 1. The van der Waals surface area contributed by atoms with Crippen LogP contribution in [0.5, 0.6) is 5.75 Å². The van der Waals surface area contributed by atoms with E-state index in [0.29, 0.717) is 12.3 Å². The second-order valence-electron chi connectivity index (χ2n) is 4.50. The van der Waals surface area contributed by atoms with Gasteiger partial charge in [0.1, 0.15) is 11.9 Å². The Morgan fingerprint density at radius 3 is 3.00 bits per heavy atom. The molecular weight excluding hydrogens is 204 g/mol. The van der Waals surface area contributed by atoms with E-state index in [0.717, 1.165) is 18.6 Å². The monoisotopic (exact) mass is 218 g/mol. The molecule has 0 amide bonds. The van der Waals surface area contributed by atoms with Gasteiger partial charge in [-0.1, -0.05) is 12.1 Å². The van der Waals surface area contributed by atoms with Crippen molar-refractivity contribution >= 4 is 5.97 Å². The van der Waals surface area contributed by atoms with E-state index in [2.05, 4.69) is 6.07 Å². The van der Waals surface area contributed by atoms with Crippen molar-refractivity contribution in [3.63, 3.8) is 0 Å². The SMILES string of the molecule is COc1cccc2c1CC1CC(=O)OC1C2. The Bertz CT molecular complexity index is 439. The molecule has 1 fully saturated rings. The zero-order valence-corrected chi connectivity index (χ0v) is 9.23. The minimum atomic E-state index is -0.0539. The summed E-state index contributed by atoms with van der Waals surface area (Å²) in [6.45, 7) is 0. The lowest BCUT2D eigenvalue weighted by molar-refractivity contribution is -0.141. The Morgan fingerprint density at radius 2 is 2.19 bits per heavy atom. The van der Waals surface area contributed by atoms with E-state index in [-0.39, 0.29) is 12.1 Å². The molecule has 3 nitrogen and oxygen atoms in total. The smallest absolute Gasteiger partial charge is 0.306 e. The van der Waals surface area contributed by atoms with Crippen LogP contribution >= 0.6 is 0 Å². The van der Waals surface area contributed by atoms with E-state index < -0.39 is 0 Å². The van der Waals surface area contributed by atoms with Gasteiger partial charge >= 0.3 is 5.97 Å². The van der Waals surface area contributed by atoms with Crippen LogP contribution < -0.4 is 4.74 Å². The van der Waals surface area contributed by atoms with Gasteiger partial charge in [0.15, 0.2) is 0 Å². The topological polar surface area (TPSA) is 35.5 Å². The molecule has 16 heavy (non-hydrogen) atoms. The molecule has 84 valence electrons. The van der Waals surface area contributed by atoms with Crippen molar-refractivity contribution in [3.05, 3.63) is 29.3 Å². The molecule has 0 aromatic heterocycles. The second-order valence-corrected chi connectivity index (χ2v) is 4.50. The molecule has 2 atom stereocenters. The largest absolute Gasteiger partial charge is 0.496 e. The highest BCUT2D eigenvalue weighted by Gasteiger charge is 2.39. The first kappa shape index (κ1) is 9.70. The van der Waals surface area contributed by atoms with E-state index in [1.165, 1.54) is 11.1 Å². The van der Waals surface area contributed by atoms with Gasteiger partial charge in [0, 0.05) is 12.3 Å². The minimum absolute atomic E-state index is 0.0539. The third-order valence-electron chi connectivity index (χ3n) is 3.57. The predicted octanol–water partition coefficient (Wildman–Crippen LogP) is 1.73. The molecule has 1 aromatic carbocycles. The highest BCUT2D eigenvalue weighted by atomic mass is 16.5. The van der Waals surface area contributed by atoms with Crippen LogP contribution in [0.1, 0.15) is 17.5 Å². The Labute approximate surface area is 94.4 Å². The molecule has 0 saturated carbocycles. The fraction of sp³-hybridized carbons (Fsp3) is 0.462. The summed E-state index contributed by atoms with van der Waals surface area (Å²) in [6.07, 6.45) is 2.38. The average Bonchev–Trinajstić information content (AvgIpc) is 2.64. The molecule has 3 heteroatoms. The van der Waals surface area contributed by atoms with Gasteiger partial charge < -0.3 is 9.47 Å². The van der Waals surface area contributed by atoms with Gasteiger partial charge in [0.25, 0.3) is 0 Å². The van der Waals surface area contributed by atoms with Crippen molar-refractivity contribution in [2.45, 2.75) is 25.4 Å². The second kappa shape index (κ2) is 3.51. The molecule has 1 aliphatic carbocycles. The Kier molecular flexibility index (Phi) is 2.13. The molecule has 0 spiro atoms. The number of rotatable bonds is 1. The number of esters is 1. The van der Waals surface area contributed by atoms with Crippen LogP contribution in [0.4, 0.5) is 0 Å². The molecule has 2 unspecified atom stereocenters. The molecule has 0 radical (unpaired) electrons. The van der Waals surface area contributed by atoms with Crippen LogP contribution in [0.2, 0.25) is 0 Å². The van der Waals surface area contributed by atoms with Crippen molar-refractivity contribution < 1.29 is 14.3 Å². The van der Waals surface area contributed by atoms with Gasteiger partial charge in [-0.3, -0.25) is 4.79 Å². The molecule has 0 N–H and O–H groups in total. The van der Waals surface area contributed by atoms with E-state index in [1.807, 2.05) is 12.1 Å². The minimum Gasteiger partial charge on any atom is -0.496 e. The van der Waals surface area contributed by atoms with Crippen LogP contribution in [0, 0.1) is 5.92 Å². The standard InChI is InChI=1S/C13H14O3/c1-15-11-4-2-3-8-6-12-9(5-10(8)11)7-13(14)16-12/h2-4,9,12H,5-7H2,1H3. The van der Waals surface area contributed by atoms with Crippen LogP contribution in [0.25, 0.3) is 0 Å². The van der Waals surface area contributed by atoms with Gasteiger partial charge in [-0.25, -0.2) is 0 Å². The number of fused-ring (bicyclic) bond motifs is 2. The van der Waals surface area contributed by atoms with Gasteiger partial charge in [-0.05, 0) is 23.6 Å². The van der Waals surface area contributed by atoms with Gasteiger partial charge in [-0.2, -0.15) is 0 Å². The van der Waals surface area contributed by atoms with Gasteiger partial charge in [0.05, 0.1) is 13.5 Å². The first-order valence-corrected chi connectivity index (χ1v) is 5.62. The van der Waals surface area contributed by atoms with Crippen molar-refractivity contribution in [2.75, 3.05) is 7.11 Å². The van der Waals surface area contributed by atoms with Crippen molar-refractivity contribution in [2.24, 2.45) is 5.92 Å². The molecule has 1 saturated heterocycles. The summed E-state index contributed by atoms with van der Waals surface area (Å²) >= 11 is 0. The number of hydrogen-bond donors (Lipinski definition) is 0. The highest BCUT2D eigenvalue weighted by molar-refractivity contribution is 5.72. The number of benzene rings is 1. The summed E-state index contributed by atoms with van der Waals surface area (Å²) < 4.78 is 10.7. The van der Waals surface area contributed by atoms with Crippen LogP contribution in [-0.4, -0.2) is 19.2 Å². The molecule has 0 bridgehead atoms. The zero-order valence-electron chi connectivity index (χ0n) is 9.23. The number of ether oxygens (including phenoxy) is 2. The first-order valence-electron chi connectivity index (χ1n) is 5.62. The summed E-state index contributed by atoms with van der Waals surface area (Å²) in [5.74, 6) is 1.23. The molecule has 3 rings (SSSR count). The Morgan fingerprint density at radius 1 is 1.31 bits per heavy atom. The van der Waals surface area contributed by atoms with Gasteiger partial charge in [0.2, 0.25) is 0 Å². The highest BCUT2D eigenvalue weighted by Crippen LogP contribution is 2.38. The molecule has 1 aromatic rings. The Balaban J connectivity index is 1.98. The van der Waals surface area contributed by atoms with E-state index in [9.17, 15) is 4.79 Å². The number of methoxy groups -OCH3 is 1. The lowest BCUT2D eigenvalue weighted by Crippen LogP contribution is -2.27. The van der Waals surface area contributed by atoms with E-state index in [4.69, 9.17) is 9.47 Å². The average molecular weight is 218 g/mol. The van der Waals surface area contributed by atoms with E-state index >= 15 is 0 Å². The summed E-state index contributed by atoms with van der Waals surface area (Å²) in [5, 5.41) is 0. The molecule has 1 heterocycles. The lowest BCUT2D eigenvalue weighted by atomic mass is 9.81. The maximum absolute atomic E-state index is 11.3. The Hall–Kier alpha value is -1.51. The van der Waals surface area contributed by atoms with Crippen LogP contribution in [-0.2, 0) is 22.4 Å². The van der Waals surface area contributed by atoms with Crippen LogP contribution in [0.15, 0.2) is 18.2 Å². The van der Waals surface area contributed by atoms with Crippen molar-refractivity contribution in [1.29, 1.82) is 0 Å². The fourth-order valence-electron chi connectivity index (χ4n) is 2.77. The quantitative estimate of drug-likeness (QED) is 0.673. The number of carbonyl (C=O) groups excluding carboxylic acids is 1. The van der Waals surface area contributed by atoms with E-state index in [1.54, 1.807) is 7.11 Å². The predicted molar refractivity (Wildman–Crippen MR) is 58.4 cm³/mol. The fourth-order valence-corrected chi connectivity index (χ4v) is 2.77. The first-order chi connectivity index (χ1) is 7.78. The maximum Gasteiger partial charge on any atom is 0.306 e. The van der Waals surface area contributed by atoms with Gasteiger partial charge in [-0.15, -0.1) is 0 Å². The van der Waals surface area contributed by atoms with Crippen molar-refractivity contribution in [1.82, 2.24) is 0 Å². The third-order valence-corrected chi connectivity index (χ3v) is 3.57. The molecule has 2 aliphatic rings. The zero-order chi connectivity index (χ0) is 11.1. The summed E-state index contributed by atoms with van der Waals surface area (Å²) in [5.41, 5.74) is 2.51. The van der Waals surface area contributed by atoms with Crippen LogP contribution in [0.3, 0.4) is 0 Å². The van der Waals surface area contributed by atoms with Crippen molar-refractivity contribution in [3.8, 4) is 5.75 Å². The maximum atomic E-state index is 11.3. The third kappa shape index (κ3) is 1.39.